The second-order valence-corrected chi connectivity index (χ2v) is 4.90. The van der Waals surface area contributed by atoms with E-state index in [2.05, 4.69) is 5.32 Å². The molecule has 0 radical (unpaired) electrons. The van der Waals surface area contributed by atoms with Crippen LogP contribution >= 0.6 is 0 Å². The van der Waals surface area contributed by atoms with Crippen LogP contribution in [0.1, 0.15) is 30.1 Å². The molecule has 22 heavy (non-hydrogen) atoms. The number of aliphatic hydroxyl groups is 2. The molecule has 2 aromatic carbocycles. The van der Waals surface area contributed by atoms with Crippen molar-refractivity contribution in [2.75, 3.05) is 19.8 Å². The molecule has 4 heteroatoms. The van der Waals surface area contributed by atoms with Crippen molar-refractivity contribution in [1.29, 1.82) is 0 Å². The Hall–Kier alpha value is -1.72. The van der Waals surface area contributed by atoms with Crippen LogP contribution in [0.4, 0.5) is 0 Å². The maximum Gasteiger partial charge on any atom is 0.0626 e. The zero-order valence-corrected chi connectivity index (χ0v) is 13.0. The van der Waals surface area contributed by atoms with Gasteiger partial charge in [0.15, 0.2) is 0 Å². The summed E-state index contributed by atoms with van der Waals surface area (Å²) < 4.78 is 0. The van der Waals surface area contributed by atoms with Crippen LogP contribution in [0.15, 0.2) is 60.7 Å². The van der Waals surface area contributed by atoms with E-state index in [9.17, 15) is 0 Å². The van der Waals surface area contributed by atoms with Crippen molar-refractivity contribution >= 4 is 0 Å². The van der Waals surface area contributed by atoms with Crippen LogP contribution in [0.5, 0.6) is 0 Å². The van der Waals surface area contributed by atoms with E-state index >= 15 is 0 Å². The molecule has 2 atom stereocenters. The standard InChI is InChI=1S/C10H15NO.C8H11NO/c1-2-11-10(8-12)9-6-4-3-5-7-9;9-8(6-10)7-4-2-1-3-5-7/h3-7,10-12H,2,8H2,1H3;1-5,8,10H,6,9H2. The van der Waals surface area contributed by atoms with Crippen molar-refractivity contribution in [2.45, 2.75) is 19.0 Å². The summed E-state index contributed by atoms with van der Waals surface area (Å²) >= 11 is 0. The number of nitrogens with two attached hydrogens (primary N) is 1. The molecule has 0 saturated carbocycles. The molecule has 4 nitrogen and oxygen atoms in total. The van der Waals surface area contributed by atoms with E-state index in [1.54, 1.807) is 0 Å². The van der Waals surface area contributed by atoms with E-state index in [4.69, 9.17) is 15.9 Å². The SMILES string of the molecule is CCNC(CO)c1ccccc1.NC(CO)c1ccccc1. The molecule has 0 amide bonds. The van der Waals surface area contributed by atoms with Gasteiger partial charge >= 0.3 is 0 Å². The van der Waals surface area contributed by atoms with Crippen LogP contribution in [-0.4, -0.2) is 30.0 Å². The zero-order valence-electron chi connectivity index (χ0n) is 13.0. The van der Waals surface area contributed by atoms with Crippen LogP contribution in [0.3, 0.4) is 0 Å². The van der Waals surface area contributed by atoms with Crippen LogP contribution in [0, 0.1) is 0 Å². The average Bonchev–Trinajstić information content (AvgIpc) is 2.61. The Labute approximate surface area is 132 Å². The minimum absolute atomic E-state index is 0.00398. The lowest BCUT2D eigenvalue weighted by Crippen LogP contribution is -2.23. The lowest BCUT2D eigenvalue weighted by molar-refractivity contribution is 0.246. The number of nitrogens with one attached hydrogen (secondary N) is 1. The normalized spacial score (nSPS) is 12.9. The van der Waals surface area contributed by atoms with Gasteiger partial charge in [-0.15, -0.1) is 0 Å². The van der Waals surface area contributed by atoms with E-state index in [1.807, 2.05) is 67.6 Å². The monoisotopic (exact) mass is 302 g/mol. The lowest BCUT2D eigenvalue weighted by atomic mass is 10.1. The Balaban J connectivity index is 0.000000224. The highest BCUT2D eigenvalue weighted by atomic mass is 16.3. The number of benzene rings is 2. The smallest absolute Gasteiger partial charge is 0.0626 e. The molecule has 0 heterocycles. The highest BCUT2D eigenvalue weighted by Crippen LogP contribution is 2.10. The van der Waals surface area contributed by atoms with Gasteiger partial charge in [-0.3, -0.25) is 0 Å². The molecule has 0 spiro atoms. The van der Waals surface area contributed by atoms with Gasteiger partial charge in [0, 0.05) is 0 Å². The number of hydrogen-bond acceptors (Lipinski definition) is 4. The predicted octanol–water partition coefficient (Wildman–Crippen LogP) is 2.01. The summed E-state index contributed by atoms with van der Waals surface area (Å²) in [5.41, 5.74) is 7.66. The predicted molar refractivity (Wildman–Crippen MR) is 90.4 cm³/mol. The van der Waals surface area contributed by atoms with Gasteiger partial charge in [-0.1, -0.05) is 67.6 Å². The van der Waals surface area contributed by atoms with Crippen molar-refractivity contribution < 1.29 is 10.2 Å². The minimum Gasteiger partial charge on any atom is -0.394 e. The van der Waals surface area contributed by atoms with E-state index in [0.29, 0.717) is 0 Å². The fraction of sp³-hybridized carbons (Fsp3) is 0.333. The van der Waals surface area contributed by atoms with E-state index in [-0.39, 0.29) is 25.3 Å². The van der Waals surface area contributed by atoms with Gasteiger partial charge in [0.1, 0.15) is 0 Å². The fourth-order valence-electron chi connectivity index (χ4n) is 2.03. The Kier molecular flexibility index (Phi) is 9.11. The number of rotatable bonds is 6. The second kappa shape index (κ2) is 10.9. The number of likely N-dealkylation sites (N-methyl/N-ethyl adjacent to an activating group) is 1. The molecule has 0 saturated heterocycles. The van der Waals surface area contributed by atoms with E-state index in [1.165, 1.54) is 0 Å². The molecule has 2 unspecified atom stereocenters. The first kappa shape index (κ1) is 18.3. The summed E-state index contributed by atoms with van der Waals surface area (Å²) in [6.07, 6.45) is 0. The first-order valence-electron chi connectivity index (χ1n) is 7.53. The largest absolute Gasteiger partial charge is 0.394 e. The van der Waals surface area contributed by atoms with Gasteiger partial charge in [0.2, 0.25) is 0 Å². The third-order valence-corrected chi connectivity index (χ3v) is 3.26. The molecule has 0 aliphatic heterocycles. The lowest BCUT2D eigenvalue weighted by Gasteiger charge is -2.14. The van der Waals surface area contributed by atoms with Crippen LogP contribution < -0.4 is 11.1 Å². The fourth-order valence-corrected chi connectivity index (χ4v) is 2.03. The third-order valence-electron chi connectivity index (χ3n) is 3.26. The number of hydrogen-bond donors (Lipinski definition) is 4. The highest BCUT2D eigenvalue weighted by Gasteiger charge is 2.06. The van der Waals surface area contributed by atoms with Crippen molar-refractivity contribution in [3.05, 3.63) is 71.8 Å². The molecule has 120 valence electrons. The van der Waals surface area contributed by atoms with Crippen molar-refractivity contribution in [2.24, 2.45) is 5.73 Å². The minimum atomic E-state index is -0.235. The van der Waals surface area contributed by atoms with E-state index in [0.717, 1.165) is 17.7 Å². The van der Waals surface area contributed by atoms with Gasteiger partial charge in [-0.2, -0.15) is 0 Å². The average molecular weight is 302 g/mol. The Morgan fingerprint density at radius 3 is 1.77 bits per heavy atom. The third kappa shape index (κ3) is 6.37. The maximum atomic E-state index is 9.05. The Morgan fingerprint density at radius 2 is 1.36 bits per heavy atom. The van der Waals surface area contributed by atoms with Crippen LogP contribution in [0.25, 0.3) is 0 Å². The van der Waals surface area contributed by atoms with Crippen molar-refractivity contribution in [3.63, 3.8) is 0 Å². The highest BCUT2D eigenvalue weighted by molar-refractivity contribution is 5.19. The van der Waals surface area contributed by atoms with Gasteiger partial charge in [0.05, 0.1) is 25.3 Å². The molecular weight excluding hydrogens is 276 g/mol. The molecule has 5 N–H and O–H groups in total. The summed E-state index contributed by atoms with van der Waals surface area (Å²) in [6, 6.07) is 19.4. The maximum absolute atomic E-state index is 9.05. The quantitative estimate of drug-likeness (QED) is 0.658. The van der Waals surface area contributed by atoms with Crippen LogP contribution in [0.2, 0.25) is 0 Å². The first-order chi connectivity index (χ1) is 10.7. The number of aliphatic hydroxyl groups excluding tert-OH is 2. The molecular formula is C18H26N2O2. The first-order valence-corrected chi connectivity index (χ1v) is 7.53. The molecule has 0 aliphatic rings. The summed E-state index contributed by atoms with van der Waals surface area (Å²) in [5, 5.41) is 20.9. The second-order valence-electron chi connectivity index (χ2n) is 4.90. The Morgan fingerprint density at radius 1 is 0.864 bits per heavy atom. The van der Waals surface area contributed by atoms with Gasteiger partial charge in [-0.05, 0) is 17.7 Å². The molecule has 2 rings (SSSR count). The summed E-state index contributed by atoms with van der Waals surface area (Å²) in [7, 11) is 0. The van der Waals surface area contributed by atoms with E-state index < -0.39 is 0 Å². The molecule has 0 aromatic heterocycles. The summed E-state index contributed by atoms with van der Waals surface area (Å²) in [5.74, 6) is 0. The Bertz CT molecular complexity index is 491. The topological polar surface area (TPSA) is 78.5 Å². The van der Waals surface area contributed by atoms with Crippen LogP contribution in [-0.2, 0) is 0 Å². The molecule has 0 aliphatic carbocycles. The van der Waals surface area contributed by atoms with Gasteiger partial charge < -0.3 is 21.3 Å². The molecule has 0 bridgehead atoms. The van der Waals surface area contributed by atoms with Crippen molar-refractivity contribution in [3.8, 4) is 0 Å². The van der Waals surface area contributed by atoms with Gasteiger partial charge in [0.25, 0.3) is 0 Å². The van der Waals surface area contributed by atoms with Gasteiger partial charge in [-0.25, -0.2) is 0 Å². The summed E-state index contributed by atoms with van der Waals surface area (Å²) in [6.45, 7) is 3.06. The zero-order chi connectivity index (χ0) is 16.2. The molecule has 0 fully saturated rings. The van der Waals surface area contributed by atoms with Crippen molar-refractivity contribution in [1.82, 2.24) is 5.32 Å². The summed E-state index contributed by atoms with van der Waals surface area (Å²) in [4.78, 5) is 0. The molecule has 2 aromatic rings.